The fraction of sp³-hybridized carbons (Fsp3) is 0.143. The Hall–Kier alpha value is -1.26. The van der Waals surface area contributed by atoms with Gasteiger partial charge in [0.05, 0.1) is 5.34 Å². The monoisotopic (exact) mass is 298 g/mol. The van der Waals surface area contributed by atoms with Gasteiger partial charge in [0.25, 0.3) is 0 Å². The SMILES string of the molecule is ClCCl.NNCc1ccc(Oc2ccccc2)cc1. The van der Waals surface area contributed by atoms with E-state index in [1.54, 1.807) is 0 Å². The summed E-state index contributed by atoms with van der Waals surface area (Å²) < 4.78 is 5.66. The lowest BCUT2D eigenvalue weighted by atomic mass is 10.2. The molecule has 102 valence electrons. The topological polar surface area (TPSA) is 47.3 Å². The van der Waals surface area contributed by atoms with Crippen LogP contribution in [0, 0.1) is 0 Å². The predicted molar refractivity (Wildman–Crippen MR) is 80.6 cm³/mol. The van der Waals surface area contributed by atoms with Crippen LogP contribution in [0.5, 0.6) is 11.5 Å². The summed E-state index contributed by atoms with van der Waals surface area (Å²) in [6.07, 6.45) is 0. The maximum absolute atomic E-state index is 5.66. The molecular formula is C14H16Cl2N2O. The molecule has 0 bridgehead atoms. The van der Waals surface area contributed by atoms with Crippen molar-refractivity contribution in [2.45, 2.75) is 6.54 Å². The third-order valence-electron chi connectivity index (χ3n) is 2.21. The lowest BCUT2D eigenvalue weighted by Crippen LogP contribution is -2.20. The highest BCUT2D eigenvalue weighted by Gasteiger charge is 1.96. The lowest BCUT2D eigenvalue weighted by Gasteiger charge is -2.06. The van der Waals surface area contributed by atoms with Gasteiger partial charge >= 0.3 is 0 Å². The van der Waals surface area contributed by atoms with E-state index in [4.69, 9.17) is 33.8 Å². The molecule has 0 aromatic heterocycles. The second kappa shape index (κ2) is 9.64. The molecule has 2 aromatic rings. The van der Waals surface area contributed by atoms with Gasteiger partial charge in [-0.15, -0.1) is 23.2 Å². The van der Waals surface area contributed by atoms with Gasteiger partial charge in [-0.1, -0.05) is 30.3 Å². The molecule has 0 radical (unpaired) electrons. The molecule has 2 rings (SSSR count). The van der Waals surface area contributed by atoms with Gasteiger partial charge in [-0.05, 0) is 29.8 Å². The molecule has 3 nitrogen and oxygen atoms in total. The van der Waals surface area contributed by atoms with Crippen LogP contribution in [0.1, 0.15) is 5.56 Å². The first-order valence-corrected chi connectivity index (χ1v) is 6.74. The summed E-state index contributed by atoms with van der Waals surface area (Å²) >= 11 is 9.53. The number of rotatable bonds is 4. The van der Waals surface area contributed by atoms with Crippen molar-refractivity contribution in [2.24, 2.45) is 5.84 Å². The highest BCUT2D eigenvalue weighted by atomic mass is 35.5. The number of hydrazine groups is 1. The molecule has 0 atom stereocenters. The van der Waals surface area contributed by atoms with Crippen LogP contribution < -0.4 is 16.0 Å². The molecular weight excluding hydrogens is 283 g/mol. The number of hydrogen-bond acceptors (Lipinski definition) is 3. The number of hydrogen-bond donors (Lipinski definition) is 2. The Morgan fingerprint density at radius 3 is 1.95 bits per heavy atom. The Balaban J connectivity index is 0.000000550. The maximum Gasteiger partial charge on any atom is 0.127 e. The van der Waals surface area contributed by atoms with Crippen molar-refractivity contribution >= 4 is 23.2 Å². The maximum atomic E-state index is 5.66. The number of nitrogens with one attached hydrogen (secondary N) is 1. The van der Waals surface area contributed by atoms with E-state index in [2.05, 4.69) is 5.43 Å². The van der Waals surface area contributed by atoms with Gasteiger partial charge in [0.15, 0.2) is 0 Å². The Morgan fingerprint density at radius 2 is 1.42 bits per heavy atom. The minimum absolute atomic E-state index is 0.194. The average molecular weight is 299 g/mol. The molecule has 0 aliphatic carbocycles. The van der Waals surface area contributed by atoms with E-state index in [-0.39, 0.29) is 5.34 Å². The summed E-state index contributed by atoms with van der Waals surface area (Å²) in [6, 6.07) is 17.5. The highest BCUT2D eigenvalue weighted by molar-refractivity contribution is 6.40. The van der Waals surface area contributed by atoms with Crippen molar-refractivity contribution < 1.29 is 4.74 Å². The first kappa shape index (κ1) is 15.8. The van der Waals surface area contributed by atoms with Crippen molar-refractivity contribution in [1.82, 2.24) is 5.43 Å². The molecule has 0 saturated carbocycles. The second-order valence-corrected chi connectivity index (χ2v) is 4.35. The average Bonchev–Trinajstić information content (AvgIpc) is 2.43. The summed E-state index contributed by atoms with van der Waals surface area (Å²) in [5.74, 6) is 6.91. The van der Waals surface area contributed by atoms with E-state index in [0.29, 0.717) is 6.54 Å². The molecule has 0 unspecified atom stereocenters. The third-order valence-corrected chi connectivity index (χ3v) is 2.21. The minimum Gasteiger partial charge on any atom is -0.457 e. The fourth-order valence-corrected chi connectivity index (χ4v) is 1.42. The predicted octanol–water partition coefficient (Wildman–Crippen LogP) is 3.86. The zero-order valence-corrected chi connectivity index (χ0v) is 11.9. The van der Waals surface area contributed by atoms with E-state index in [1.165, 1.54) is 0 Å². The molecule has 0 fully saturated rings. The Bertz CT molecular complexity index is 449. The van der Waals surface area contributed by atoms with Crippen LogP contribution in [-0.2, 0) is 6.54 Å². The summed E-state index contributed by atoms with van der Waals surface area (Å²) in [6.45, 7) is 0.658. The van der Waals surface area contributed by atoms with Crippen molar-refractivity contribution in [3.63, 3.8) is 0 Å². The Labute approximate surface area is 123 Å². The largest absolute Gasteiger partial charge is 0.457 e. The van der Waals surface area contributed by atoms with Gasteiger partial charge in [-0.2, -0.15) is 0 Å². The van der Waals surface area contributed by atoms with E-state index < -0.39 is 0 Å². The summed E-state index contributed by atoms with van der Waals surface area (Å²) in [4.78, 5) is 0. The fourth-order valence-electron chi connectivity index (χ4n) is 1.42. The summed E-state index contributed by atoms with van der Waals surface area (Å²) in [5, 5.41) is 0.194. The van der Waals surface area contributed by atoms with Crippen LogP contribution in [0.2, 0.25) is 0 Å². The van der Waals surface area contributed by atoms with Gasteiger partial charge in [-0.25, -0.2) is 0 Å². The molecule has 5 heteroatoms. The Morgan fingerprint density at radius 1 is 0.895 bits per heavy atom. The van der Waals surface area contributed by atoms with Gasteiger partial charge in [0.2, 0.25) is 0 Å². The van der Waals surface area contributed by atoms with Crippen LogP contribution in [0.3, 0.4) is 0 Å². The van der Waals surface area contributed by atoms with Crippen molar-refractivity contribution in [3.05, 3.63) is 60.2 Å². The number of halogens is 2. The quantitative estimate of drug-likeness (QED) is 0.512. The number of para-hydroxylation sites is 1. The van der Waals surface area contributed by atoms with E-state index in [9.17, 15) is 0 Å². The lowest BCUT2D eigenvalue weighted by molar-refractivity contribution is 0.482. The van der Waals surface area contributed by atoms with E-state index in [0.717, 1.165) is 17.1 Å². The normalized spacial score (nSPS) is 9.42. The first-order chi connectivity index (χ1) is 9.30. The van der Waals surface area contributed by atoms with Crippen LogP contribution in [0.4, 0.5) is 0 Å². The van der Waals surface area contributed by atoms with Crippen molar-refractivity contribution in [3.8, 4) is 11.5 Å². The first-order valence-electron chi connectivity index (χ1n) is 5.67. The third kappa shape index (κ3) is 6.45. The van der Waals surface area contributed by atoms with E-state index >= 15 is 0 Å². The minimum atomic E-state index is 0.194. The second-order valence-electron chi connectivity index (χ2n) is 3.54. The van der Waals surface area contributed by atoms with E-state index in [1.807, 2.05) is 54.6 Å². The number of ether oxygens (including phenoxy) is 1. The molecule has 0 aliphatic heterocycles. The molecule has 3 N–H and O–H groups in total. The summed E-state index contributed by atoms with van der Waals surface area (Å²) in [5.41, 5.74) is 3.74. The van der Waals surface area contributed by atoms with Gasteiger partial charge in [0, 0.05) is 6.54 Å². The number of nitrogens with two attached hydrogens (primary N) is 1. The van der Waals surface area contributed by atoms with Gasteiger partial charge in [-0.3, -0.25) is 11.3 Å². The van der Waals surface area contributed by atoms with Crippen molar-refractivity contribution in [1.29, 1.82) is 0 Å². The highest BCUT2D eigenvalue weighted by Crippen LogP contribution is 2.20. The zero-order chi connectivity index (χ0) is 13.9. The summed E-state index contributed by atoms with van der Waals surface area (Å²) in [7, 11) is 0. The molecule has 0 spiro atoms. The number of benzene rings is 2. The van der Waals surface area contributed by atoms with Crippen LogP contribution >= 0.6 is 23.2 Å². The van der Waals surface area contributed by atoms with Crippen LogP contribution in [-0.4, -0.2) is 5.34 Å². The molecule has 0 saturated heterocycles. The molecule has 2 aromatic carbocycles. The molecule has 0 heterocycles. The zero-order valence-electron chi connectivity index (χ0n) is 10.4. The van der Waals surface area contributed by atoms with Crippen molar-refractivity contribution in [2.75, 3.05) is 5.34 Å². The number of alkyl halides is 2. The molecule has 0 aliphatic rings. The van der Waals surface area contributed by atoms with Crippen LogP contribution in [0.25, 0.3) is 0 Å². The smallest absolute Gasteiger partial charge is 0.127 e. The molecule has 19 heavy (non-hydrogen) atoms. The standard InChI is InChI=1S/C13H14N2O.CH2Cl2/c14-15-10-11-6-8-13(9-7-11)16-12-4-2-1-3-5-12;2-1-3/h1-9,15H,10,14H2;1H2. The van der Waals surface area contributed by atoms with Crippen LogP contribution in [0.15, 0.2) is 54.6 Å². The Kier molecular flexibility index (Phi) is 8.02. The van der Waals surface area contributed by atoms with Gasteiger partial charge in [0.1, 0.15) is 11.5 Å². The van der Waals surface area contributed by atoms with Gasteiger partial charge < -0.3 is 4.74 Å². The molecule has 0 amide bonds.